The Balaban J connectivity index is 3.10. The SMILES string of the molecule is C#CCCC(NN)c1c(OC)cccc1OC. The molecule has 0 radical (unpaired) electrons. The van der Waals surface area contributed by atoms with E-state index >= 15 is 0 Å². The van der Waals surface area contributed by atoms with Crippen molar-refractivity contribution in [3.63, 3.8) is 0 Å². The van der Waals surface area contributed by atoms with Crippen molar-refractivity contribution in [1.29, 1.82) is 0 Å². The second-order valence-corrected chi connectivity index (χ2v) is 3.54. The summed E-state index contributed by atoms with van der Waals surface area (Å²) in [5.41, 5.74) is 3.65. The normalized spacial score (nSPS) is 11.6. The van der Waals surface area contributed by atoms with Crippen LogP contribution in [0.1, 0.15) is 24.4 Å². The van der Waals surface area contributed by atoms with Gasteiger partial charge >= 0.3 is 0 Å². The van der Waals surface area contributed by atoms with Gasteiger partial charge in [-0.1, -0.05) is 6.07 Å². The van der Waals surface area contributed by atoms with E-state index in [1.165, 1.54) is 0 Å². The lowest BCUT2D eigenvalue weighted by atomic mass is 10.0. The Kier molecular flexibility index (Phi) is 5.34. The van der Waals surface area contributed by atoms with Crippen molar-refractivity contribution in [2.75, 3.05) is 14.2 Å². The van der Waals surface area contributed by atoms with Crippen LogP contribution in [0.15, 0.2) is 18.2 Å². The summed E-state index contributed by atoms with van der Waals surface area (Å²) < 4.78 is 10.6. The number of hydrazine groups is 1. The van der Waals surface area contributed by atoms with Gasteiger partial charge in [-0.15, -0.1) is 12.3 Å². The van der Waals surface area contributed by atoms with E-state index in [0.29, 0.717) is 6.42 Å². The van der Waals surface area contributed by atoms with Gasteiger partial charge in [0.05, 0.1) is 25.8 Å². The molecule has 3 N–H and O–H groups in total. The lowest BCUT2D eigenvalue weighted by Crippen LogP contribution is -2.28. The van der Waals surface area contributed by atoms with Crippen LogP contribution in [0.2, 0.25) is 0 Å². The van der Waals surface area contributed by atoms with Gasteiger partial charge in [-0.3, -0.25) is 11.3 Å². The van der Waals surface area contributed by atoms with Gasteiger partial charge in [-0.25, -0.2) is 0 Å². The largest absolute Gasteiger partial charge is 0.496 e. The molecule has 4 heteroatoms. The summed E-state index contributed by atoms with van der Waals surface area (Å²) in [6.07, 6.45) is 6.63. The molecule has 0 aliphatic carbocycles. The van der Waals surface area contributed by atoms with E-state index < -0.39 is 0 Å². The molecule has 1 unspecified atom stereocenters. The first kappa shape index (κ1) is 13.4. The van der Waals surface area contributed by atoms with E-state index in [-0.39, 0.29) is 6.04 Å². The van der Waals surface area contributed by atoms with Crippen LogP contribution in [-0.4, -0.2) is 14.2 Å². The maximum absolute atomic E-state index is 5.56. The Morgan fingerprint density at radius 3 is 2.35 bits per heavy atom. The number of rotatable bonds is 6. The van der Waals surface area contributed by atoms with E-state index in [9.17, 15) is 0 Å². The maximum Gasteiger partial charge on any atom is 0.127 e. The summed E-state index contributed by atoms with van der Waals surface area (Å²) in [4.78, 5) is 0. The number of terminal acetylenes is 1. The third kappa shape index (κ3) is 3.13. The fourth-order valence-corrected chi connectivity index (χ4v) is 1.76. The van der Waals surface area contributed by atoms with Gasteiger partial charge in [0.15, 0.2) is 0 Å². The van der Waals surface area contributed by atoms with E-state index in [1.54, 1.807) is 14.2 Å². The highest BCUT2D eigenvalue weighted by Crippen LogP contribution is 2.35. The number of ether oxygens (including phenoxy) is 2. The van der Waals surface area contributed by atoms with Crippen molar-refractivity contribution < 1.29 is 9.47 Å². The van der Waals surface area contributed by atoms with Crippen LogP contribution >= 0.6 is 0 Å². The fraction of sp³-hybridized carbons (Fsp3) is 0.385. The number of benzene rings is 1. The predicted molar refractivity (Wildman–Crippen MR) is 67.7 cm³/mol. The van der Waals surface area contributed by atoms with Gasteiger partial charge < -0.3 is 9.47 Å². The topological polar surface area (TPSA) is 56.5 Å². The standard InChI is InChI=1S/C13H18N2O2/c1-4-5-7-10(15-14)13-11(16-2)8-6-9-12(13)17-3/h1,6,8-10,15H,5,7,14H2,2-3H3. The average molecular weight is 234 g/mol. The van der Waals surface area contributed by atoms with Crippen LogP contribution in [0.25, 0.3) is 0 Å². The van der Waals surface area contributed by atoms with E-state index in [2.05, 4.69) is 11.3 Å². The van der Waals surface area contributed by atoms with E-state index in [4.69, 9.17) is 21.7 Å². The van der Waals surface area contributed by atoms with Crippen molar-refractivity contribution in [3.05, 3.63) is 23.8 Å². The Morgan fingerprint density at radius 2 is 1.94 bits per heavy atom. The number of nitrogens with one attached hydrogen (secondary N) is 1. The monoisotopic (exact) mass is 234 g/mol. The molecule has 0 aliphatic heterocycles. The molecule has 0 aliphatic rings. The van der Waals surface area contributed by atoms with Gasteiger partial charge in [0.2, 0.25) is 0 Å². The number of nitrogens with two attached hydrogens (primary N) is 1. The maximum atomic E-state index is 5.56. The Morgan fingerprint density at radius 1 is 1.35 bits per heavy atom. The quantitative estimate of drug-likeness (QED) is 0.446. The molecule has 0 bridgehead atoms. The van der Waals surface area contributed by atoms with Gasteiger partial charge in [0, 0.05) is 6.42 Å². The van der Waals surface area contributed by atoms with E-state index in [1.807, 2.05) is 18.2 Å². The molecule has 0 saturated heterocycles. The zero-order valence-corrected chi connectivity index (χ0v) is 10.2. The van der Waals surface area contributed by atoms with Crippen molar-refractivity contribution in [2.45, 2.75) is 18.9 Å². The number of hydrogen-bond acceptors (Lipinski definition) is 4. The molecule has 1 aromatic rings. The minimum absolute atomic E-state index is 0.0860. The third-order valence-corrected chi connectivity index (χ3v) is 2.59. The molecular formula is C13H18N2O2. The molecule has 1 rings (SSSR count). The predicted octanol–water partition coefficient (Wildman–Crippen LogP) is 1.62. The lowest BCUT2D eigenvalue weighted by Gasteiger charge is -2.20. The zero-order valence-electron chi connectivity index (χ0n) is 10.2. The van der Waals surface area contributed by atoms with Gasteiger partial charge in [-0.05, 0) is 18.6 Å². The molecule has 92 valence electrons. The smallest absolute Gasteiger partial charge is 0.127 e. The molecule has 0 aromatic heterocycles. The van der Waals surface area contributed by atoms with Crippen LogP contribution in [0.3, 0.4) is 0 Å². The number of methoxy groups -OCH3 is 2. The summed E-state index contributed by atoms with van der Waals surface area (Å²) in [7, 11) is 3.24. The molecule has 0 amide bonds. The summed E-state index contributed by atoms with van der Waals surface area (Å²) >= 11 is 0. The van der Waals surface area contributed by atoms with Crippen molar-refractivity contribution in [1.82, 2.24) is 5.43 Å². The second kappa shape index (κ2) is 6.79. The first-order valence-corrected chi connectivity index (χ1v) is 5.39. The molecule has 17 heavy (non-hydrogen) atoms. The Hall–Kier alpha value is -1.70. The Labute approximate surface area is 102 Å². The van der Waals surface area contributed by atoms with Crippen LogP contribution in [0.4, 0.5) is 0 Å². The minimum atomic E-state index is -0.0860. The molecule has 0 spiro atoms. The third-order valence-electron chi connectivity index (χ3n) is 2.59. The minimum Gasteiger partial charge on any atom is -0.496 e. The van der Waals surface area contributed by atoms with Gasteiger partial charge in [0.25, 0.3) is 0 Å². The summed E-state index contributed by atoms with van der Waals surface area (Å²) in [6.45, 7) is 0. The highest BCUT2D eigenvalue weighted by molar-refractivity contribution is 5.47. The lowest BCUT2D eigenvalue weighted by molar-refractivity contribution is 0.367. The highest BCUT2D eigenvalue weighted by atomic mass is 16.5. The molecule has 0 fully saturated rings. The summed E-state index contributed by atoms with van der Waals surface area (Å²) in [5, 5.41) is 0. The fourth-order valence-electron chi connectivity index (χ4n) is 1.76. The molecule has 1 aromatic carbocycles. The first-order chi connectivity index (χ1) is 8.28. The zero-order chi connectivity index (χ0) is 12.7. The van der Waals surface area contributed by atoms with Crippen molar-refractivity contribution in [2.24, 2.45) is 5.84 Å². The van der Waals surface area contributed by atoms with Crippen molar-refractivity contribution >= 4 is 0 Å². The van der Waals surface area contributed by atoms with Crippen molar-refractivity contribution in [3.8, 4) is 23.8 Å². The van der Waals surface area contributed by atoms with Gasteiger partial charge in [0.1, 0.15) is 11.5 Å². The molecule has 0 saturated carbocycles. The van der Waals surface area contributed by atoms with Gasteiger partial charge in [-0.2, -0.15) is 0 Å². The van der Waals surface area contributed by atoms with Crippen LogP contribution in [0, 0.1) is 12.3 Å². The Bertz CT molecular complexity index is 377. The molecule has 0 heterocycles. The molecule has 1 atom stereocenters. The second-order valence-electron chi connectivity index (χ2n) is 3.54. The van der Waals surface area contributed by atoms with Crippen LogP contribution < -0.4 is 20.7 Å². The van der Waals surface area contributed by atoms with E-state index in [0.717, 1.165) is 23.5 Å². The number of hydrogen-bond donors (Lipinski definition) is 2. The molecule has 4 nitrogen and oxygen atoms in total. The summed E-state index contributed by atoms with van der Waals surface area (Å²) in [5.74, 6) is 9.64. The summed E-state index contributed by atoms with van der Waals surface area (Å²) in [6, 6.07) is 5.53. The highest BCUT2D eigenvalue weighted by Gasteiger charge is 2.19. The first-order valence-electron chi connectivity index (χ1n) is 5.39. The van der Waals surface area contributed by atoms with Crippen LogP contribution in [-0.2, 0) is 0 Å². The average Bonchev–Trinajstić information content (AvgIpc) is 2.39. The van der Waals surface area contributed by atoms with Crippen LogP contribution in [0.5, 0.6) is 11.5 Å². The molecular weight excluding hydrogens is 216 g/mol.